The summed E-state index contributed by atoms with van der Waals surface area (Å²) in [6, 6.07) is 7.57. The number of amides is 1. The first-order valence-corrected chi connectivity index (χ1v) is 6.42. The van der Waals surface area contributed by atoms with Crippen molar-refractivity contribution in [3.63, 3.8) is 0 Å². The summed E-state index contributed by atoms with van der Waals surface area (Å²) in [5.41, 5.74) is 3.29. The maximum Gasteiger partial charge on any atom is 0.274 e. The van der Waals surface area contributed by atoms with Gasteiger partial charge in [0.1, 0.15) is 5.69 Å². The van der Waals surface area contributed by atoms with E-state index in [-0.39, 0.29) is 5.91 Å². The molecule has 1 fully saturated rings. The Morgan fingerprint density at radius 2 is 2.11 bits per heavy atom. The van der Waals surface area contributed by atoms with Crippen LogP contribution in [0, 0.1) is 6.92 Å². The molecular weight excluding hydrogens is 238 g/mol. The van der Waals surface area contributed by atoms with Gasteiger partial charge in [-0.15, -0.1) is 0 Å². The fraction of sp³-hybridized carbons (Fsp3) is 0.267. The standard InChI is InChI=1S/C15H15N3O/c1-10-2-5-13(9-17-10)18-15(19)14-8-12(6-7-16-14)11-3-4-11/h2,5-9,11H,3-4H2,1H3,(H,18,19). The van der Waals surface area contributed by atoms with Gasteiger partial charge in [0.25, 0.3) is 5.91 Å². The summed E-state index contributed by atoms with van der Waals surface area (Å²) in [6.45, 7) is 1.91. The molecule has 0 bridgehead atoms. The van der Waals surface area contributed by atoms with E-state index in [9.17, 15) is 4.79 Å². The number of pyridine rings is 2. The Morgan fingerprint density at radius 3 is 2.79 bits per heavy atom. The van der Waals surface area contributed by atoms with Gasteiger partial charge in [-0.2, -0.15) is 0 Å². The van der Waals surface area contributed by atoms with E-state index >= 15 is 0 Å². The van der Waals surface area contributed by atoms with Crippen LogP contribution >= 0.6 is 0 Å². The van der Waals surface area contributed by atoms with E-state index in [1.165, 1.54) is 18.4 Å². The van der Waals surface area contributed by atoms with Gasteiger partial charge >= 0.3 is 0 Å². The number of nitrogens with one attached hydrogen (secondary N) is 1. The molecule has 0 atom stereocenters. The Hall–Kier alpha value is -2.23. The van der Waals surface area contributed by atoms with Crippen molar-refractivity contribution in [1.82, 2.24) is 9.97 Å². The van der Waals surface area contributed by atoms with Crippen LogP contribution < -0.4 is 5.32 Å². The number of carbonyl (C=O) groups excluding carboxylic acids is 1. The molecule has 2 aromatic rings. The molecule has 1 aliphatic carbocycles. The minimum Gasteiger partial charge on any atom is -0.319 e. The minimum absolute atomic E-state index is 0.187. The maximum absolute atomic E-state index is 12.1. The number of aryl methyl sites for hydroxylation is 1. The molecule has 19 heavy (non-hydrogen) atoms. The van der Waals surface area contributed by atoms with Crippen LogP contribution in [-0.4, -0.2) is 15.9 Å². The molecule has 1 saturated carbocycles. The molecule has 0 aromatic carbocycles. The number of hydrogen-bond donors (Lipinski definition) is 1. The zero-order valence-corrected chi connectivity index (χ0v) is 10.8. The van der Waals surface area contributed by atoms with Gasteiger partial charge in [0.2, 0.25) is 0 Å². The molecule has 1 aliphatic rings. The molecule has 2 heterocycles. The van der Waals surface area contributed by atoms with E-state index in [1.54, 1.807) is 12.4 Å². The van der Waals surface area contributed by atoms with Crippen molar-refractivity contribution in [3.8, 4) is 0 Å². The lowest BCUT2D eigenvalue weighted by Gasteiger charge is -2.05. The molecule has 2 aromatic heterocycles. The molecule has 1 N–H and O–H groups in total. The van der Waals surface area contributed by atoms with Gasteiger partial charge in [-0.05, 0) is 55.5 Å². The summed E-state index contributed by atoms with van der Waals surface area (Å²) in [4.78, 5) is 20.4. The SMILES string of the molecule is Cc1ccc(NC(=O)c2cc(C3CC3)ccn2)cn1. The fourth-order valence-corrected chi connectivity index (χ4v) is 1.98. The molecule has 0 unspecified atom stereocenters. The zero-order chi connectivity index (χ0) is 13.2. The number of rotatable bonds is 3. The van der Waals surface area contributed by atoms with Crippen LogP contribution in [0.25, 0.3) is 0 Å². The van der Waals surface area contributed by atoms with E-state index in [0.717, 1.165) is 5.69 Å². The largest absolute Gasteiger partial charge is 0.319 e. The van der Waals surface area contributed by atoms with Crippen molar-refractivity contribution in [2.75, 3.05) is 5.32 Å². The highest BCUT2D eigenvalue weighted by Gasteiger charge is 2.24. The fourth-order valence-electron chi connectivity index (χ4n) is 1.98. The molecule has 96 valence electrons. The lowest BCUT2D eigenvalue weighted by atomic mass is 10.1. The van der Waals surface area contributed by atoms with Crippen LogP contribution in [0.3, 0.4) is 0 Å². The Kier molecular flexibility index (Phi) is 2.99. The van der Waals surface area contributed by atoms with E-state index in [1.807, 2.05) is 31.2 Å². The van der Waals surface area contributed by atoms with Crippen LogP contribution in [0.5, 0.6) is 0 Å². The third-order valence-electron chi connectivity index (χ3n) is 3.23. The van der Waals surface area contributed by atoms with Gasteiger partial charge < -0.3 is 5.32 Å². The van der Waals surface area contributed by atoms with Crippen LogP contribution in [0.1, 0.15) is 40.5 Å². The number of nitrogens with zero attached hydrogens (tertiary/aromatic N) is 2. The second-order valence-electron chi connectivity index (χ2n) is 4.89. The molecule has 3 rings (SSSR count). The molecular formula is C15H15N3O. The van der Waals surface area contributed by atoms with Gasteiger partial charge in [0, 0.05) is 11.9 Å². The Morgan fingerprint density at radius 1 is 1.26 bits per heavy atom. The quantitative estimate of drug-likeness (QED) is 0.915. The number of carbonyl (C=O) groups is 1. The summed E-state index contributed by atoms with van der Waals surface area (Å²) in [6.07, 6.45) is 5.79. The average Bonchev–Trinajstić information content (AvgIpc) is 3.26. The summed E-state index contributed by atoms with van der Waals surface area (Å²) in [7, 11) is 0. The number of hydrogen-bond acceptors (Lipinski definition) is 3. The smallest absolute Gasteiger partial charge is 0.274 e. The van der Waals surface area contributed by atoms with Crippen molar-refractivity contribution in [1.29, 1.82) is 0 Å². The maximum atomic E-state index is 12.1. The van der Waals surface area contributed by atoms with Crippen LogP contribution in [-0.2, 0) is 0 Å². The lowest BCUT2D eigenvalue weighted by molar-refractivity contribution is 0.102. The summed E-state index contributed by atoms with van der Waals surface area (Å²) < 4.78 is 0. The Balaban J connectivity index is 1.76. The molecule has 1 amide bonds. The molecule has 4 nitrogen and oxygen atoms in total. The zero-order valence-electron chi connectivity index (χ0n) is 10.8. The van der Waals surface area contributed by atoms with Gasteiger partial charge in [0.15, 0.2) is 0 Å². The van der Waals surface area contributed by atoms with Gasteiger partial charge in [-0.3, -0.25) is 14.8 Å². The number of anilines is 1. The first kappa shape index (κ1) is 11.8. The summed E-state index contributed by atoms with van der Waals surface area (Å²) >= 11 is 0. The van der Waals surface area contributed by atoms with Gasteiger partial charge in [-0.25, -0.2) is 0 Å². The van der Waals surface area contributed by atoms with Crippen LogP contribution in [0.15, 0.2) is 36.7 Å². The van der Waals surface area contributed by atoms with Crippen molar-refractivity contribution in [3.05, 3.63) is 53.6 Å². The molecule has 0 radical (unpaired) electrons. The second-order valence-corrected chi connectivity index (χ2v) is 4.89. The van der Waals surface area contributed by atoms with E-state index in [2.05, 4.69) is 15.3 Å². The van der Waals surface area contributed by atoms with E-state index in [0.29, 0.717) is 17.3 Å². The Labute approximate surface area is 111 Å². The van der Waals surface area contributed by atoms with E-state index in [4.69, 9.17) is 0 Å². The van der Waals surface area contributed by atoms with Crippen molar-refractivity contribution in [2.24, 2.45) is 0 Å². The highest BCUT2D eigenvalue weighted by Crippen LogP contribution is 2.39. The predicted octanol–water partition coefficient (Wildman–Crippen LogP) is 2.91. The first-order valence-electron chi connectivity index (χ1n) is 6.42. The highest BCUT2D eigenvalue weighted by atomic mass is 16.1. The third-order valence-corrected chi connectivity index (χ3v) is 3.23. The van der Waals surface area contributed by atoms with Gasteiger partial charge in [-0.1, -0.05) is 0 Å². The second kappa shape index (κ2) is 4.80. The Bertz CT molecular complexity index is 603. The van der Waals surface area contributed by atoms with Crippen LogP contribution in [0.4, 0.5) is 5.69 Å². The minimum atomic E-state index is -0.187. The molecule has 0 saturated heterocycles. The summed E-state index contributed by atoms with van der Waals surface area (Å²) in [5, 5.41) is 2.81. The normalized spacial score (nSPS) is 14.2. The van der Waals surface area contributed by atoms with Crippen molar-refractivity contribution < 1.29 is 4.79 Å². The number of aromatic nitrogens is 2. The van der Waals surface area contributed by atoms with E-state index < -0.39 is 0 Å². The third kappa shape index (κ3) is 2.78. The topological polar surface area (TPSA) is 54.9 Å². The predicted molar refractivity (Wildman–Crippen MR) is 73.1 cm³/mol. The van der Waals surface area contributed by atoms with Crippen molar-refractivity contribution in [2.45, 2.75) is 25.7 Å². The first-order chi connectivity index (χ1) is 9.22. The average molecular weight is 253 g/mol. The monoisotopic (exact) mass is 253 g/mol. The molecule has 4 heteroatoms. The lowest BCUT2D eigenvalue weighted by Crippen LogP contribution is -2.14. The van der Waals surface area contributed by atoms with Crippen LogP contribution in [0.2, 0.25) is 0 Å². The van der Waals surface area contributed by atoms with Gasteiger partial charge in [0.05, 0.1) is 11.9 Å². The molecule has 0 spiro atoms. The highest BCUT2D eigenvalue weighted by molar-refractivity contribution is 6.02. The summed E-state index contributed by atoms with van der Waals surface area (Å²) in [5.74, 6) is 0.434. The molecule has 0 aliphatic heterocycles. The van der Waals surface area contributed by atoms with Crippen molar-refractivity contribution >= 4 is 11.6 Å².